The molecule has 0 radical (unpaired) electrons. The van der Waals surface area contributed by atoms with Crippen molar-refractivity contribution in [2.75, 3.05) is 9.80 Å². The predicted molar refractivity (Wildman–Crippen MR) is 195 cm³/mol. The third-order valence-corrected chi connectivity index (χ3v) is 9.15. The first kappa shape index (κ1) is 26.3. The summed E-state index contributed by atoms with van der Waals surface area (Å²) in [5.74, 6) is 0. The van der Waals surface area contributed by atoms with Gasteiger partial charge in [0.05, 0.1) is 11.4 Å². The number of fused-ring (bicyclic) bond motifs is 4. The van der Waals surface area contributed by atoms with E-state index in [9.17, 15) is 0 Å². The molecule has 0 saturated carbocycles. The largest absolute Gasteiger partial charge is 0.311 e. The van der Waals surface area contributed by atoms with Crippen LogP contribution in [0.5, 0.6) is 0 Å². The lowest BCUT2D eigenvalue weighted by molar-refractivity contribution is 1.26. The summed E-state index contributed by atoms with van der Waals surface area (Å²) >= 11 is 0. The average Bonchev–Trinajstić information content (AvgIpc) is 3.13. The van der Waals surface area contributed by atoms with Crippen molar-refractivity contribution >= 4 is 55.7 Å². The SMILES string of the molecule is c1ccc(-c2ccc(N(c3ccccc3)c3ccc(N4c5c(ccc6ccccc56)-c5cccc6cccc4c56)cc3)cc2)cc1. The maximum absolute atomic E-state index is 2.46. The van der Waals surface area contributed by atoms with Crippen LogP contribution in [0.4, 0.5) is 34.1 Å². The minimum atomic E-state index is 1.11. The Morgan fingerprint density at radius 3 is 1.72 bits per heavy atom. The van der Waals surface area contributed by atoms with Gasteiger partial charge in [-0.15, -0.1) is 0 Å². The highest BCUT2D eigenvalue weighted by molar-refractivity contribution is 6.18. The highest BCUT2D eigenvalue weighted by atomic mass is 15.2. The van der Waals surface area contributed by atoms with Crippen LogP contribution in [-0.4, -0.2) is 0 Å². The van der Waals surface area contributed by atoms with Crippen molar-refractivity contribution in [3.63, 3.8) is 0 Å². The normalized spacial score (nSPS) is 11.9. The Kier molecular flexibility index (Phi) is 6.17. The van der Waals surface area contributed by atoms with Crippen molar-refractivity contribution in [1.29, 1.82) is 0 Å². The van der Waals surface area contributed by atoms with Gasteiger partial charge in [-0.1, -0.05) is 127 Å². The van der Waals surface area contributed by atoms with E-state index in [0.29, 0.717) is 0 Å². The Balaban J connectivity index is 1.19. The van der Waals surface area contributed by atoms with Gasteiger partial charge in [0.1, 0.15) is 0 Å². The first-order valence-corrected chi connectivity index (χ1v) is 15.8. The highest BCUT2D eigenvalue weighted by Gasteiger charge is 2.27. The molecule has 0 saturated heterocycles. The lowest BCUT2D eigenvalue weighted by atomic mass is 9.88. The first-order valence-electron chi connectivity index (χ1n) is 15.8. The molecule has 216 valence electrons. The molecular formula is C44H30N2. The molecule has 0 aromatic heterocycles. The molecule has 0 unspecified atom stereocenters. The van der Waals surface area contributed by atoms with Gasteiger partial charge in [0.25, 0.3) is 0 Å². The van der Waals surface area contributed by atoms with Crippen molar-refractivity contribution in [3.8, 4) is 22.3 Å². The Morgan fingerprint density at radius 1 is 0.370 bits per heavy atom. The lowest BCUT2D eigenvalue weighted by Crippen LogP contribution is -2.16. The van der Waals surface area contributed by atoms with E-state index in [2.05, 4.69) is 192 Å². The zero-order chi connectivity index (χ0) is 30.5. The minimum Gasteiger partial charge on any atom is -0.311 e. The maximum Gasteiger partial charge on any atom is 0.0618 e. The van der Waals surface area contributed by atoms with E-state index >= 15 is 0 Å². The van der Waals surface area contributed by atoms with Crippen LogP contribution in [0.2, 0.25) is 0 Å². The Hall–Kier alpha value is -6.12. The zero-order valence-electron chi connectivity index (χ0n) is 25.2. The van der Waals surface area contributed by atoms with E-state index in [0.717, 1.165) is 22.7 Å². The quantitative estimate of drug-likeness (QED) is 0.198. The topological polar surface area (TPSA) is 6.48 Å². The van der Waals surface area contributed by atoms with Crippen molar-refractivity contribution in [1.82, 2.24) is 0 Å². The third-order valence-electron chi connectivity index (χ3n) is 9.15. The fourth-order valence-electron chi connectivity index (χ4n) is 7.04. The van der Waals surface area contributed by atoms with Gasteiger partial charge in [-0.3, -0.25) is 0 Å². The number of hydrogen-bond donors (Lipinski definition) is 0. The van der Waals surface area contributed by atoms with E-state index in [-0.39, 0.29) is 0 Å². The molecule has 0 bridgehead atoms. The van der Waals surface area contributed by atoms with Crippen LogP contribution in [0.25, 0.3) is 43.8 Å². The molecule has 8 aromatic carbocycles. The molecule has 0 atom stereocenters. The monoisotopic (exact) mass is 586 g/mol. The number of para-hydroxylation sites is 1. The van der Waals surface area contributed by atoms with Gasteiger partial charge < -0.3 is 9.80 Å². The number of benzene rings is 8. The van der Waals surface area contributed by atoms with Crippen LogP contribution in [-0.2, 0) is 0 Å². The molecule has 0 amide bonds. The van der Waals surface area contributed by atoms with Crippen molar-refractivity contribution in [2.24, 2.45) is 0 Å². The van der Waals surface area contributed by atoms with Crippen LogP contribution in [0.3, 0.4) is 0 Å². The van der Waals surface area contributed by atoms with Crippen LogP contribution in [0.1, 0.15) is 0 Å². The molecule has 0 N–H and O–H groups in total. The summed E-state index contributed by atoms with van der Waals surface area (Å²) in [7, 11) is 0. The van der Waals surface area contributed by atoms with Crippen LogP contribution in [0.15, 0.2) is 182 Å². The van der Waals surface area contributed by atoms with E-state index < -0.39 is 0 Å². The number of rotatable bonds is 5. The van der Waals surface area contributed by atoms with Gasteiger partial charge in [0.2, 0.25) is 0 Å². The lowest BCUT2D eigenvalue weighted by Gasteiger charge is -2.35. The summed E-state index contributed by atoms with van der Waals surface area (Å²) in [5, 5.41) is 5.04. The maximum atomic E-state index is 2.46. The van der Waals surface area contributed by atoms with Gasteiger partial charge in [-0.2, -0.15) is 0 Å². The van der Waals surface area contributed by atoms with Crippen LogP contribution in [0, 0.1) is 0 Å². The van der Waals surface area contributed by atoms with Crippen LogP contribution < -0.4 is 9.80 Å². The average molecular weight is 587 g/mol. The molecule has 0 spiro atoms. The van der Waals surface area contributed by atoms with Crippen molar-refractivity contribution in [3.05, 3.63) is 182 Å². The fraction of sp³-hybridized carbons (Fsp3) is 0. The summed E-state index contributed by atoms with van der Waals surface area (Å²) in [6.45, 7) is 0. The van der Waals surface area contributed by atoms with Gasteiger partial charge in [0, 0.05) is 39.1 Å². The second-order valence-electron chi connectivity index (χ2n) is 11.8. The molecule has 8 aromatic rings. The van der Waals surface area contributed by atoms with E-state index in [1.54, 1.807) is 0 Å². The first-order chi connectivity index (χ1) is 22.8. The van der Waals surface area contributed by atoms with E-state index in [4.69, 9.17) is 0 Å². The van der Waals surface area contributed by atoms with Gasteiger partial charge >= 0.3 is 0 Å². The Bertz CT molecular complexity index is 2340. The highest BCUT2D eigenvalue weighted by Crippen LogP contribution is 2.53. The van der Waals surface area contributed by atoms with E-state index in [1.807, 2.05) is 0 Å². The molecule has 1 aliphatic rings. The second kappa shape index (κ2) is 10.8. The standard InChI is InChI=1S/C44H30N2/c1-3-11-31(12-4-1)32-21-24-36(25-22-32)45(35-16-5-2-6-17-35)37-26-28-38(29-27-37)46-42-20-10-15-34-14-9-19-40(43(34)42)41-30-23-33-13-7-8-18-39(33)44(41)46/h1-30H. The summed E-state index contributed by atoms with van der Waals surface area (Å²) < 4.78 is 0. The smallest absolute Gasteiger partial charge is 0.0618 e. The molecule has 46 heavy (non-hydrogen) atoms. The molecule has 1 aliphatic heterocycles. The zero-order valence-corrected chi connectivity index (χ0v) is 25.2. The number of nitrogens with zero attached hydrogens (tertiary/aromatic N) is 2. The predicted octanol–water partition coefficient (Wildman–Crippen LogP) is 12.6. The minimum absolute atomic E-state index is 1.11. The molecule has 9 rings (SSSR count). The van der Waals surface area contributed by atoms with Gasteiger partial charge in [-0.25, -0.2) is 0 Å². The summed E-state index contributed by atoms with van der Waals surface area (Å²) in [5.41, 5.74) is 11.9. The fourth-order valence-corrected chi connectivity index (χ4v) is 7.04. The molecular weight excluding hydrogens is 556 g/mol. The summed E-state index contributed by atoms with van der Waals surface area (Å²) in [6.07, 6.45) is 0. The molecule has 2 heteroatoms. The van der Waals surface area contributed by atoms with Gasteiger partial charge in [-0.05, 0) is 82.1 Å². The summed E-state index contributed by atoms with van der Waals surface area (Å²) in [6, 6.07) is 65.6. The van der Waals surface area contributed by atoms with Crippen LogP contribution >= 0.6 is 0 Å². The Labute approximate surface area is 269 Å². The Morgan fingerprint density at radius 2 is 0.957 bits per heavy atom. The second-order valence-corrected chi connectivity index (χ2v) is 11.8. The number of hydrogen-bond acceptors (Lipinski definition) is 2. The number of anilines is 6. The summed E-state index contributed by atoms with van der Waals surface area (Å²) in [4.78, 5) is 4.78. The van der Waals surface area contributed by atoms with E-state index in [1.165, 1.54) is 55.2 Å². The van der Waals surface area contributed by atoms with Crippen molar-refractivity contribution < 1.29 is 0 Å². The van der Waals surface area contributed by atoms with Crippen molar-refractivity contribution in [2.45, 2.75) is 0 Å². The molecule has 0 aliphatic carbocycles. The van der Waals surface area contributed by atoms with Gasteiger partial charge in [0.15, 0.2) is 0 Å². The third kappa shape index (κ3) is 4.27. The molecule has 0 fully saturated rings. The molecule has 1 heterocycles. The molecule has 2 nitrogen and oxygen atoms in total.